The number of aliphatic hydroxyl groups is 2. The van der Waals surface area contributed by atoms with E-state index in [-0.39, 0.29) is 69.4 Å². The van der Waals surface area contributed by atoms with Crippen molar-refractivity contribution in [3.63, 3.8) is 0 Å². The molecular weight excluding hydrogens is 733 g/mol. The smallest absolute Gasteiger partial charge is 0.163 e. The Hall–Kier alpha value is -2.71. The number of carbonyl (C=O) groups excluding carboxylic acids is 2. The molecule has 3 N–H and O–H groups in total. The minimum atomic E-state index is -0.658. The second kappa shape index (κ2) is 13.6. The quantitative estimate of drug-likeness (QED) is 0.222. The number of rotatable bonds is 9. The van der Waals surface area contributed by atoms with E-state index in [9.17, 15) is 15.0 Å². The summed E-state index contributed by atoms with van der Waals surface area (Å²) in [5.74, 6) is 0.878. The molecule has 2 unspecified atom stereocenters. The van der Waals surface area contributed by atoms with Crippen LogP contribution in [-0.2, 0) is 20.7 Å². The van der Waals surface area contributed by atoms with Crippen LogP contribution in [0.5, 0.6) is 0 Å². The van der Waals surface area contributed by atoms with Crippen LogP contribution in [-0.4, -0.2) is 64.0 Å². The van der Waals surface area contributed by atoms with E-state index >= 15 is 4.79 Å². The number of ketones is 2. The highest BCUT2D eigenvalue weighted by Crippen LogP contribution is 2.79. The summed E-state index contributed by atoms with van der Waals surface area (Å²) in [4.78, 5) is 36.0. The molecule has 3 aliphatic heterocycles. The number of hydrogen-bond donors (Lipinski definition) is 3. The summed E-state index contributed by atoms with van der Waals surface area (Å²) < 4.78 is 5.93. The fraction of sp³-hybridized carbons (Fsp3) is 0.712. The summed E-state index contributed by atoms with van der Waals surface area (Å²) in [5, 5.41) is 25.3. The highest BCUT2D eigenvalue weighted by Gasteiger charge is 2.77. The highest BCUT2D eigenvalue weighted by atomic mass is 16.6. The molecule has 1 saturated heterocycles. The molecule has 0 bridgehead atoms. The van der Waals surface area contributed by atoms with Gasteiger partial charge in [-0.3, -0.25) is 19.5 Å². The van der Waals surface area contributed by atoms with Crippen LogP contribution in [0.2, 0.25) is 0 Å². The summed E-state index contributed by atoms with van der Waals surface area (Å²) in [5.41, 5.74) is 6.79. The van der Waals surface area contributed by atoms with Gasteiger partial charge in [0.05, 0.1) is 30.3 Å². The van der Waals surface area contributed by atoms with Gasteiger partial charge in [0.15, 0.2) is 11.8 Å². The Morgan fingerprint density at radius 2 is 1.66 bits per heavy atom. The zero-order valence-corrected chi connectivity index (χ0v) is 37.2. The largest absolute Gasteiger partial charge is 0.392 e. The predicted molar refractivity (Wildman–Crippen MR) is 231 cm³/mol. The van der Waals surface area contributed by atoms with Crippen molar-refractivity contribution in [2.75, 3.05) is 6.54 Å². The molecule has 1 spiro atoms. The number of benzene rings is 1. The molecule has 59 heavy (non-hydrogen) atoms. The van der Waals surface area contributed by atoms with Crippen LogP contribution >= 0.6 is 0 Å². The summed E-state index contributed by atoms with van der Waals surface area (Å²) in [6.45, 7) is 18.5. The number of ether oxygens (including phenoxy) is 1. The first-order chi connectivity index (χ1) is 28.0. The lowest BCUT2D eigenvalue weighted by atomic mass is 9.31. The van der Waals surface area contributed by atoms with E-state index in [0.717, 1.165) is 69.1 Å². The molecule has 6 fully saturated rings. The van der Waals surface area contributed by atoms with Crippen molar-refractivity contribution in [1.29, 1.82) is 0 Å². The molecular formula is C52H71N2O5+. The molecule has 0 aromatic heterocycles. The number of allylic oxidation sites excluding steroid dienone is 1. The van der Waals surface area contributed by atoms with Crippen molar-refractivity contribution in [1.82, 2.24) is 0 Å². The van der Waals surface area contributed by atoms with E-state index < -0.39 is 17.6 Å². The van der Waals surface area contributed by atoms with Crippen LogP contribution in [0.1, 0.15) is 135 Å². The summed E-state index contributed by atoms with van der Waals surface area (Å²) >= 11 is 0. The number of hydrogen-bond acceptors (Lipinski definition) is 6. The number of epoxide rings is 1. The van der Waals surface area contributed by atoms with Gasteiger partial charge in [-0.1, -0.05) is 76.3 Å². The van der Waals surface area contributed by atoms with E-state index in [0.29, 0.717) is 31.1 Å². The number of nitrogens with one attached hydrogen (secondary N) is 1. The Bertz CT molecular complexity index is 2070. The molecule has 9 aliphatic rings. The molecule has 3 heterocycles. The Morgan fingerprint density at radius 3 is 2.36 bits per heavy atom. The summed E-state index contributed by atoms with van der Waals surface area (Å²) in [6.07, 6.45) is 17.4. The van der Waals surface area contributed by atoms with Crippen LogP contribution < -0.4 is 4.90 Å². The van der Waals surface area contributed by atoms with Gasteiger partial charge < -0.3 is 14.9 Å². The number of carbonyl (C=O) groups is 2. The molecule has 318 valence electrons. The van der Waals surface area contributed by atoms with Crippen molar-refractivity contribution in [3.8, 4) is 0 Å². The lowest BCUT2D eigenvalue weighted by Crippen LogP contribution is -3.11. The zero-order valence-electron chi connectivity index (χ0n) is 37.2. The van der Waals surface area contributed by atoms with Gasteiger partial charge in [-0.2, -0.15) is 0 Å². The van der Waals surface area contributed by atoms with Crippen molar-refractivity contribution >= 4 is 17.3 Å². The van der Waals surface area contributed by atoms with Crippen molar-refractivity contribution in [2.24, 2.45) is 62.2 Å². The monoisotopic (exact) mass is 804 g/mol. The number of Topliss-reactive ketones (excluding diaryl/α,β-unsaturated/α-hetero) is 2. The average molecular weight is 804 g/mol. The minimum Gasteiger partial charge on any atom is -0.392 e. The maximum absolute atomic E-state index is 15.4. The van der Waals surface area contributed by atoms with Crippen LogP contribution in [0.15, 0.2) is 58.4 Å². The molecule has 0 amide bonds. The maximum Gasteiger partial charge on any atom is 0.163 e. The molecule has 7 heteroatoms. The van der Waals surface area contributed by atoms with E-state index in [1.54, 1.807) is 0 Å². The minimum absolute atomic E-state index is 0.00850. The van der Waals surface area contributed by atoms with E-state index in [1.807, 2.05) is 20.0 Å². The number of aliphatic imine (C=N–C) groups is 1. The second-order valence-electron chi connectivity index (χ2n) is 22.7. The normalized spacial score (nSPS) is 44.2. The first-order valence-electron chi connectivity index (χ1n) is 23.7. The lowest BCUT2D eigenvalue weighted by Gasteiger charge is -2.73. The van der Waals surface area contributed by atoms with E-state index in [4.69, 9.17) is 9.73 Å². The predicted octanol–water partition coefficient (Wildman–Crippen LogP) is 7.78. The van der Waals surface area contributed by atoms with Gasteiger partial charge in [0.1, 0.15) is 23.8 Å². The van der Waals surface area contributed by atoms with Crippen LogP contribution in [0.25, 0.3) is 0 Å². The number of fused-ring (bicyclic) bond motifs is 3. The van der Waals surface area contributed by atoms with Crippen LogP contribution in [0.4, 0.5) is 0 Å². The molecule has 10 rings (SSSR count). The molecule has 1 aromatic carbocycles. The van der Waals surface area contributed by atoms with Gasteiger partial charge in [-0.15, -0.1) is 0 Å². The first-order valence-corrected chi connectivity index (χ1v) is 23.7. The Balaban J connectivity index is 1.10. The molecule has 6 aliphatic carbocycles. The third kappa shape index (κ3) is 5.61. The first kappa shape index (κ1) is 40.4. The van der Waals surface area contributed by atoms with Crippen LogP contribution in [0.3, 0.4) is 0 Å². The standard InChI is InChI=1S/C52H70N2O5/c1-29-22-30(2)24-32(23-29)26-33-27-54(37-17-21-53-43(33)37)28-35-42-41(31(3)25-38(55)47-48(4,5)59-47)45(58)36-14-11-18-52(51(36,42)8)20-15-39-49(6,46(52)44(35)57)19-16-40(56)50(39,7)34-12-9-10-13-34/h17,21-24,27,31,34-39,44,46-47,55,57H,9-16,18-20,25-26,28H2,1-8H3/p+1/t31-,35+,36+,37?,38-,39-,44-,46+,47+,49+,50+,51+,52-/m1/s1. The third-order valence-electron chi connectivity index (χ3n) is 19.3. The Morgan fingerprint density at radius 1 is 0.949 bits per heavy atom. The van der Waals surface area contributed by atoms with Gasteiger partial charge in [0.2, 0.25) is 0 Å². The van der Waals surface area contributed by atoms with Gasteiger partial charge in [-0.05, 0) is 136 Å². The second-order valence-corrected chi connectivity index (χ2v) is 22.7. The highest BCUT2D eigenvalue weighted by molar-refractivity contribution is 6.07. The van der Waals surface area contributed by atoms with Crippen LogP contribution in [0, 0.1) is 71.0 Å². The fourth-order valence-electron chi connectivity index (χ4n) is 17.0. The molecule has 14 atom stereocenters. The number of aliphatic hydroxyl groups excluding tert-OH is 2. The zero-order chi connectivity index (χ0) is 41.6. The van der Waals surface area contributed by atoms with Crippen molar-refractivity contribution in [2.45, 2.75) is 169 Å². The molecule has 1 aromatic rings. The van der Waals surface area contributed by atoms with Gasteiger partial charge in [0.25, 0.3) is 0 Å². The summed E-state index contributed by atoms with van der Waals surface area (Å²) in [6, 6.07) is 6.88. The van der Waals surface area contributed by atoms with Gasteiger partial charge >= 0.3 is 0 Å². The van der Waals surface area contributed by atoms with E-state index in [2.05, 4.69) is 72.0 Å². The molecule has 7 nitrogen and oxygen atoms in total. The number of quaternary nitrogens is 1. The SMILES string of the molecule is Cc1cc(C)cc(CC2=C[NH+](C[C@H]3C4=C([C@H](C)C[C@@H](O)[C@@H]5OC5(C)C)C(=O)[C@@H]5CCC[C@]6(CC[C@@H]7[C@](C)(CCC(=O)[C@@]7(C)C7CCCC7)[C@@H]6[C@@H]3O)[C@]45C)C3C=CN=C23)c1. The molecule has 5 saturated carbocycles. The van der Waals surface area contributed by atoms with E-state index in [1.165, 1.54) is 45.6 Å². The van der Waals surface area contributed by atoms with Gasteiger partial charge in [-0.25, -0.2) is 0 Å². The number of nitrogens with zero attached hydrogens (tertiary/aromatic N) is 1. The van der Waals surface area contributed by atoms with Crippen molar-refractivity contribution in [3.05, 3.63) is 70.1 Å². The molecule has 0 radical (unpaired) electrons. The Kier molecular flexibility index (Phi) is 9.33. The van der Waals surface area contributed by atoms with Crippen molar-refractivity contribution < 1.29 is 29.4 Å². The number of aryl methyl sites for hydroxylation is 2. The Labute approximate surface area is 353 Å². The average Bonchev–Trinajstić information content (AvgIpc) is 3.72. The fourth-order valence-corrected chi connectivity index (χ4v) is 17.0. The third-order valence-corrected chi connectivity index (χ3v) is 19.3. The summed E-state index contributed by atoms with van der Waals surface area (Å²) in [7, 11) is 0. The topological polar surface area (TPSA) is 104 Å². The lowest BCUT2D eigenvalue weighted by molar-refractivity contribution is -0.856. The van der Waals surface area contributed by atoms with Gasteiger partial charge in [0, 0.05) is 41.4 Å². The maximum atomic E-state index is 15.4.